The van der Waals surface area contributed by atoms with Crippen molar-refractivity contribution in [3.63, 3.8) is 0 Å². The van der Waals surface area contributed by atoms with Crippen molar-refractivity contribution in [3.8, 4) is 17.2 Å². The van der Waals surface area contributed by atoms with Gasteiger partial charge in [-0.25, -0.2) is 9.36 Å². The van der Waals surface area contributed by atoms with E-state index in [1.807, 2.05) is 36.4 Å². The number of aromatic nitrogens is 1. The lowest BCUT2D eigenvalue weighted by atomic mass is 9.82. The molecule has 0 saturated carbocycles. The minimum absolute atomic E-state index is 0.0294. The summed E-state index contributed by atoms with van der Waals surface area (Å²) in [6, 6.07) is 11.5. The third kappa shape index (κ3) is 2.68. The van der Waals surface area contributed by atoms with Gasteiger partial charge in [0.2, 0.25) is 5.75 Å². The number of aromatic hydroxyl groups is 1. The third-order valence-corrected chi connectivity index (χ3v) is 5.53. The van der Waals surface area contributed by atoms with E-state index < -0.39 is 6.09 Å². The average molecular weight is 381 g/mol. The highest BCUT2D eigenvalue weighted by Gasteiger charge is 2.32. The molecular weight excluding hydrogens is 358 g/mol. The van der Waals surface area contributed by atoms with Gasteiger partial charge in [0.15, 0.2) is 11.5 Å². The first-order valence-electron chi connectivity index (χ1n) is 9.26. The molecule has 0 spiro atoms. The fourth-order valence-electron chi connectivity index (χ4n) is 4.30. The van der Waals surface area contributed by atoms with Crippen LogP contribution in [0.25, 0.3) is 10.9 Å². The minimum Gasteiger partial charge on any atom is -0.502 e. The molecule has 0 aliphatic heterocycles. The van der Waals surface area contributed by atoms with E-state index in [-0.39, 0.29) is 11.7 Å². The second-order valence-electron chi connectivity index (χ2n) is 6.91. The van der Waals surface area contributed by atoms with Crippen LogP contribution in [-0.4, -0.2) is 37.1 Å². The second-order valence-corrected chi connectivity index (χ2v) is 6.91. The number of rotatable bonds is 3. The SMILES string of the molecule is COC(=O)n1c2c(c3ccccc31)CCC[C@@H]2c1cc(OC)c(O)c(OC)c1. The molecule has 2 aromatic carbocycles. The first kappa shape index (κ1) is 18.2. The summed E-state index contributed by atoms with van der Waals surface area (Å²) in [5.74, 6) is 0.626. The molecule has 28 heavy (non-hydrogen) atoms. The highest BCUT2D eigenvalue weighted by atomic mass is 16.5. The molecule has 0 saturated heterocycles. The van der Waals surface area contributed by atoms with E-state index in [1.54, 1.807) is 4.57 Å². The van der Waals surface area contributed by atoms with E-state index in [9.17, 15) is 9.90 Å². The van der Waals surface area contributed by atoms with Crippen LogP contribution in [-0.2, 0) is 11.2 Å². The maximum Gasteiger partial charge on any atom is 0.418 e. The van der Waals surface area contributed by atoms with Crippen molar-refractivity contribution in [1.29, 1.82) is 0 Å². The Morgan fingerprint density at radius 2 is 1.79 bits per heavy atom. The number of phenols is 1. The van der Waals surface area contributed by atoms with Crippen LogP contribution in [0.4, 0.5) is 4.79 Å². The van der Waals surface area contributed by atoms with Gasteiger partial charge in [0, 0.05) is 17.0 Å². The van der Waals surface area contributed by atoms with Crippen LogP contribution in [0.2, 0.25) is 0 Å². The van der Waals surface area contributed by atoms with Crippen molar-refractivity contribution < 1.29 is 24.1 Å². The second kappa shape index (κ2) is 7.11. The molecule has 1 N–H and O–H groups in total. The Morgan fingerprint density at radius 3 is 2.43 bits per heavy atom. The normalized spacial score (nSPS) is 15.9. The van der Waals surface area contributed by atoms with E-state index in [0.29, 0.717) is 11.5 Å². The van der Waals surface area contributed by atoms with E-state index in [4.69, 9.17) is 14.2 Å². The molecular formula is C22H23NO5. The summed E-state index contributed by atoms with van der Waals surface area (Å²) in [7, 11) is 4.42. The summed E-state index contributed by atoms with van der Waals surface area (Å²) in [6.45, 7) is 0. The molecule has 1 aliphatic rings. The van der Waals surface area contributed by atoms with Crippen LogP contribution in [0.1, 0.15) is 35.6 Å². The summed E-state index contributed by atoms with van der Waals surface area (Å²) < 4.78 is 17.5. The van der Waals surface area contributed by atoms with Gasteiger partial charge in [0.1, 0.15) is 0 Å². The van der Waals surface area contributed by atoms with Gasteiger partial charge in [-0.3, -0.25) is 0 Å². The quantitative estimate of drug-likeness (QED) is 0.726. The molecule has 3 aromatic rings. The lowest BCUT2D eigenvalue weighted by Gasteiger charge is -2.26. The van der Waals surface area contributed by atoms with E-state index in [2.05, 4.69) is 0 Å². The zero-order valence-electron chi connectivity index (χ0n) is 16.2. The smallest absolute Gasteiger partial charge is 0.418 e. The van der Waals surface area contributed by atoms with Gasteiger partial charge in [-0.1, -0.05) is 18.2 Å². The predicted octanol–water partition coefficient (Wildman–Crippen LogP) is 4.45. The number of benzene rings is 2. The van der Waals surface area contributed by atoms with Gasteiger partial charge in [-0.2, -0.15) is 0 Å². The van der Waals surface area contributed by atoms with Gasteiger partial charge < -0.3 is 19.3 Å². The van der Waals surface area contributed by atoms with Crippen LogP contribution >= 0.6 is 0 Å². The van der Waals surface area contributed by atoms with Gasteiger partial charge in [0.05, 0.1) is 26.8 Å². The lowest BCUT2D eigenvalue weighted by Crippen LogP contribution is -2.20. The minimum atomic E-state index is -0.401. The first-order chi connectivity index (χ1) is 13.6. The standard InChI is InChI=1S/C22H23NO5/c1-26-18-11-13(12-19(27-2)21(18)24)14-8-6-9-16-15-7-4-5-10-17(15)23(20(14)16)22(25)28-3/h4-5,7,10-12,14,24H,6,8-9H2,1-3H3/t14-/m1/s1. The fourth-order valence-corrected chi connectivity index (χ4v) is 4.30. The zero-order chi connectivity index (χ0) is 19.8. The number of fused-ring (bicyclic) bond motifs is 3. The van der Waals surface area contributed by atoms with E-state index in [0.717, 1.165) is 41.4 Å². The van der Waals surface area contributed by atoms with Gasteiger partial charge in [-0.05, 0) is 48.6 Å². The van der Waals surface area contributed by atoms with Crippen LogP contribution in [0.5, 0.6) is 17.2 Å². The van der Waals surface area contributed by atoms with Gasteiger partial charge in [-0.15, -0.1) is 0 Å². The summed E-state index contributed by atoms with van der Waals surface area (Å²) >= 11 is 0. The molecule has 1 atom stereocenters. The van der Waals surface area contributed by atoms with Crippen molar-refractivity contribution in [2.45, 2.75) is 25.2 Å². The molecule has 0 fully saturated rings. The molecule has 1 heterocycles. The number of ether oxygens (including phenoxy) is 3. The maximum atomic E-state index is 12.7. The summed E-state index contributed by atoms with van der Waals surface area (Å²) in [5, 5.41) is 11.3. The van der Waals surface area contributed by atoms with Crippen LogP contribution in [0.3, 0.4) is 0 Å². The topological polar surface area (TPSA) is 69.9 Å². The molecule has 0 radical (unpaired) electrons. The van der Waals surface area contributed by atoms with Crippen molar-refractivity contribution in [1.82, 2.24) is 4.57 Å². The number of carbonyl (C=O) groups excluding carboxylic acids is 1. The van der Waals surface area contributed by atoms with E-state index >= 15 is 0 Å². The third-order valence-electron chi connectivity index (χ3n) is 5.53. The average Bonchev–Trinajstić information content (AvgIpc) is 3.08. The number of phenolic OH excluding ortho intramolecular Hbond substituents is 1. The summed E-state index contributed by atoms with van der Waals surface area (Å²) in [5.41, 5.74) is 3.89. The number of methoxy groups -OCH3 is 3. The Morgan fingerprint density at radius 1 is 1.11 bits per heavy atom. The van der Waals surface area contributed by atoms with Crippen LogP contribution < -0.4 is 9.47 Å². The number of para-hydroxylation sites is 1. The monoisotopic (exact) mass is 381 g/mol. The Labute approximate surface area is 163 Å². The largest absolute Gasteiger partial charge is 0.502 e. The molecule has 0 unspecified atom stereocenters. The van der Waals surface area contributed by atoms with Crippen molar-refractivity contribution in [2.24, 2.45) is 0 Å². The highest BCUT2D eigenvalue weighted by Crippen LogP contribution is 2.46. The van der Waals surface area contributed by atoms with Crippen LogP contribution in [0.15, 0.2) is 36.4 Å². The predicted molar refractivity (Wildman–Crippen MR) is 106 cm³/mol. The highest BCUT2D eigenvalue weighted by molar-refractivity contribution is 5.94. The Kier molecular flexibility index (Phi) is 4.63. The first-order valence-corrected chi connectivity index (χ1v) is 9.26. The molecule has 6 nitrogen and oxygen atoms in total. The van der Waals surface area contributed by atoms with Gasteiger partial charge in [0.25, 0.3) is 0 Å². The molecule has 4 rings (SSSR count). The van der Waals surface area contributed by atoms with Crippen molar-refractivity contribution >= 4 is 17.0 Å². The molecule has 1 aromatic heterocycles. The van der Waals surface area contributed by atoms with Crippen LogP contribution in [0, 0.1) is 0 Å². The maximum absolute atomic E-state index is 12.7. The summed E-state index contributed by atoms with van der Waals surface area (Å²) in [6.07, 6.45) is 2.38. The van der Waals surface area contributed by atoms with E-state index in [1.165, 1.54) is 26.9 Å². The molecule has 6 heteroatoms. The van der Waals surface area contributed by atoms with Crippen molar-refractivity contribution in [3.05, 3.63) is 53.2 Å². The number of hydrogen-bond donors (Lipinski definition) is 1. The van der Waals surface area contributed by atoms with Gasteiger partial charge >= 0.3 is 6.09 Å². The zero-order valence-corrected chi connectivity index (χ0v) is 16.2. The Balaban J connectivity index is 1.98. The lowest BCUT2D eigenvalue weighted by molar-refractivity contribution is 0.173. The number of hydrogen-bond acceptors (Lipinski definition) is 5. The number of carbonyl (C=O) groups is 1. The summed E-state index contributed by atoms with van der Waals surface area (Å²) in [4.78, 5) is 12.7. The fraction of sp³-hybridized carbons (Fsp3) is 0.318. The Bertz CT molecular complexity index is 1030. The van der Waals surface area contributed by atoms with Crippen molar-refractivity contribution in [2.75, 3.05) is 21.3 Å². The number of nitrogens with zero attached hydrogens (tertiary/aromatic N) is 1. The molecule has 0 bridgehead atoms. The molecule has 0 amide bonds. The molecule has 1 aliphatic carbocycles. The Hall–Kier alpha value is -3.15. The molecule has 146 valence electrons. The number of aryl methyl sites for hydroxylation is 1.